The van der Waals surface area contributed by atoms with Gasteiger partial charge in [0.25, 0.3) is 0 Å². The SMILES string of the molecule is C=Cc1c(-c2ccc(O)cc2F)c(-c2c(C)csc2C)c(C(N)=NO)n1C. The van der Waals surface area contributed by atoms with Gasteiger partial charge in [0, 0.05) is 45.9 Å². The van der Waals surface area contributed by atoms with Gasteiger partial charge < -0.3 is 20.6 Å². The number of hydrogen-bond acceptors (Lipinski definition) is 4. The molecule has 0 unspecified atom stereocenters. The fourth-order valence-electron chi connectivity index (χ4n) is 3.46. The molecule has 3 aromatic rings. The van der Waals surface area contributed by atoms with Gasteiger partial charge in [0.05, 0.1) is 5.69 Å². The van der Waals surface area contributed by atoms with Crippen LogP contribution in [0.3, 0.4) is 0 Å². The molecule has 2 heterocycles. The molecule has 1 aromatic carbocycles. The van der Waals surface area contributed by atoms with Gasteiger partial charge in [-0.3, -0.25) is 0 Å². The summed E-state index contributed by atoms with van der Waals surface area (Å²) in [6.07, 6.45) is 1.61. The topological polar surface area (TPSA) is 83.8 Å². The molecule has 0 radical (unpaired) electrons. The third kappa shape index (κ3) is 2.90. The van der Waals surface area contributed by atoms with Crippen molar-refractivity contribution in [3.63, 3.8) is 0 Å². The van der Waals surface area contributed by atoms with Crippen LogP contribution in [0, 0.1) is 19.7 Å². The van der Waals surface area contributed by atoms with E-state index in [2.05, 4.69) is 11.7 Å². The molecule has 7 heteroatoms. The Morgan fingerprint density at radius 1 is 1.30 bits per heavy atom. The molecule has 0 saturated carbocycles. The molecule has 2 aromatic heterocycles. The summed E-state index contributed by atoms with van der Waals surface area (Å²) >= 11 is 1.58. The fourth-order valence-corrected chi connectivity index (χ4v) is 4.31. The van der Waals surface area contributed by atoms with E-state index in [0.717, 1.165) is 22.1 Å². The summed E-state index contributed by atoms with van der Waals surface area (Å²) in [4.78, 5) is 1.03. The van der Waals surface area contributed by atoms with Crippen LogP contribution in [-0.2, 0) is 7.05 Å². The van der Waals surface area contributed by atoms with Crippen LogP contribution in [0.15, 0.2) is 35.3 Å². The Morgan fingerprint density at radius 3 is 2.52 bits per heavy atom. The van der Waals surface area contributed by atoms with E-state index < -0.39 is 5.82 Å². The van der Waals surface area contributed by atoms with Crippen molar-refractivity contribution in [3.05, 3.63) is 57.8 Å². The van der Waals surface area contributed by atoms with E-state index in [1.807, 2.05) is 19.2 Å². The van der Waals surface area contributed by atoms with Gasteiger partial charge in [0.2, 0.25) is 0 Å². The van der Waals surface area contributed by atoms with Gasteiger partial charge in [-0.25, -0.2) is 4.39 Å². The summed E-state index contributed by atoms with van der Waals surface area (Å²) in [6.45, 7) is 7.80. The van der Waals surface area contributed by atoms with Gasteiger partial charge in [-0.15, -0.1) is 11.3 Å². The van der Waals surface area contributed by atoms with Crippen molar-refractivity contribution >= 4 is 23.2 Å². The molecule has 3 rings (SSSR count). The molecule has 0 aliphatic heterocycles. The van der Waals surface area contributed by atoms with Crippen LogP contribution >= 0.6 is 11.3 Å². The molecule has 5 nitrogen and oxygen atoms in total. The first-order valence-electron chi connectivity index (χ1n) is 8.18. The first-order chi connectivity index (χ1) is 12.8. The number of halogens is 1. The van der Waals surface area contributed by atoms with Crippen LogP contribution in [0.2, 0.25) is 0 Å². The lowest BCUT2D eigenvalue weighted by molar-refractivity contribution is 0.318. The van der Waals surface area contributed by atoms with Crippen molar-refractivity contribution < 1.29 is 14.7 Å². The number of nitrogens with zero attached hydrogens (tertiary/aromatic N) is 2. The lowest BCUT2D eigenvalue weighted by Crippen LogP contribution is -2.18. The predicted molar refractivity (Wildman–Crippen MR) is 108 cm³/mol. The Hall–Kier alpha value is -3.06. The molecule has 0 spiro atoms. The zero-order valence-electron chi connectivity index (χ0n) is 15.2. The van der Waals surface area contributed by atoms with E-state index in [9.17, 15) is 14.7 Å². The van der Waals surface area contributed by atoms with Crippen LogP contribution < -0.4 is 5.73 Å². The molecule has 0 bridgehead atoms. The summed E-state index contributed by atoms with van der Waals surface area (Å²) in [7, 11) is 1.76. The number of aromatic hydroxyl groups is 1. The quantitative estimate of drug-likeness (QED) is 0.265. The number of phenols is 1. The van der Waals surface area contributed by atoms with Crippen LogP contribution in [-0.4, -0.2) is 20.7 Å². The third-order valence-corrected chi connectivity index (χ3v) is 5.64. The average molecular weight is 385 g/mol. The summed E-state index contributed by atoms with van der Waals surface area (Å²) in [5, 5.41) is 24.1. The minimum atomic E-state index is -0.568. The van der Waals surface area contributed by atoms with Crippen LogP contribution in [0.5, 0.6) is 5.75 Å². The Balaban J connectivity index is 2.55. The second-order valence-electron chi connectivity index (χ2n) is 6.25. The molecule has 0 saturated heterocycles. The van der Waals surface area contributed by atoms with Gasteiger partial charge in [-0.05, 0) is 43.0 Å². The Bertz CT molecular complexity index is 1060. The molecule has 0 fully saturated rings. The molecule has 140 valence electrons. The number of thiophene rings is 1. The summed E-state index contributed by atoms with van der Waals surface area (Å²) in [5.74, 6) is -0.805. The maximum atomic E-state index is 14.8. The maximum Gasteiger partial charge on any atom is 0.187 e. The van der Waals surface area contributed by atoms with Crippen molar-refractivity contribution in [1.82, 2.24) is 4.57 Å². The smallest absolute Gasteiger partial charge is 0.187 e. The minimum absolute atomic E-state index is 0.0777. The van der Waals surface area contributed by atoms with Crippen LogP contribution in [0.4, 0.5) is 4.39 Å². The average Bonchev–Trinajstić information content (AvgIpc) is 3.10. The Labute approximate surface area is 160 Å². The minimum Gasteiger partial charge on any atom is -0.508 e. The highest BCUT2D eigenvalue weighted by Crippen LogP contribution is 2.45. The number of amidine groups is 1. The lowest BCUT2D eigenvalue weighted by atomic mass is 9.92. The number of aryl methyl sites for hydroxylation is 2. The van der Waals surface area contributed by atoms with Gasteiger partial charge in [0.15, 0.2) is 5.84 Å². The van der Waals surface area contributed by atoms with Gasteiger partial charge in [-0.2, -0.15) is 0 Å². The van der Waals surface area contributed by atoms with E-state index in [0.29, 0.717) is 28.1 Å². The number of nitrogens with two attached hydrogens (primary N) is 1. The molecule has 0 atom stereocenters. The van der Waals surface area contributed by atoms with E-state index in [4.69, 9.17) is 5.73 Å². The number of aromatic nitrogens is 1. The van der Waals surface area contributed by atoms with Crippen molar-refractivity contribution in [1.29, 1.82) is 0 Å². The lowest BCUT2D eigenvalue weighted by Gasteiger charge is -2.11. The maximum absolute atomic E-state index is 14.8. The van der Waals surface area contributed by atoms with E-state index in [1.54, 1.807) is 29.0 Å². The van der Waals surface area contributed by atoms with Crippen molar-refractivity contribution in [3.8, 4) is 28.0 Å². The van der Waals surface area contributed by atoms with Gasteiger partial charge >= 0.3 is 0 Å². The first-order valence-corrected chi connectivity index (χ1v) is 9.06. The summed E-state index contributed by atoms with van der Waals surface area (Å²) < 4.78 is 16.5. The van der Waals surface area contributed by atoms with Crippen molar-refractivity contribution in [2.24, 2.45) is 17.9 Å². The normalized spacial score (nSPS) is 11.8. The van der Waals surface area contributed by atoms with E-state index in [1.165, 1.54) is 12.1 Å². The number of benzene rings is 1. The highest BCUT2D eigenvalue weighted by atomic mass is 32.1. The summed E-state index contributed by atoms with van der Waals surface area (Å²) in [5.41, 5.74) is 10.6. The molecule has 0 aliphatic carbocycles. The fraction of sp³-hybridized carbons (Fsp3) is 0.150. The number of hydrogen-bond donors (Lipinski definition) is 3. The van der Waals surface area contributed by atoms with Crippen LogP contribution in [0.25, 0.3) is 28.3 Å². The zero-order valence-corrected chi connectivity index (χ0v) is 16.1. The second kappa shape index (κ2) is 6.92. The largest absolute Gasteiger partial charge is 0.508 e. The van der Waals surface area contributed by atoms with Crippen LogP contribution in [0.1, 0.15) is 21.8 Å². The second-order valence-corrected chi connectivity index (χ2v) is 7.33. The molecule has 27 heavy (non-hydrogen) atoms. The number of phenolic OH excluding ortho intramolecular Hbond substituents is 1. The Kier molecular flexibility index (Phi) is 4.80. The molecule has 4 N–H and O–H groups in total. The van der Waals surface area contributed by atoms with Crippen molar-refractivity contribution in [2.75, 3.05) is 0 Å². The number of rotatable bonds is 4. The highest BCUT2D eigenvalue weighted by Gasteiger charge is 2.28. The van der Waals surface area contributed by atoms with E-state index >= 15 is 0 Å². The molecule has 0 amide bonds. The molecule has 0 aliphatic rings. The van der Waals surface area contributed by atoms with E-state index in [-0.39, 0.29) is 11.6 Å². The number of oxime groups is 1. The van der Waals surface area contributed by atoms with Gasteiger partial charge in [-0.1, -0.05) is 11.7 Å². The highest BCUT2D eigenvalue weighted by molar-refractivity contribution is 7.10. The third-order valence-electron chi connectivity index (χ3n) is 4.61. The summed E-state index contributed by atoms with van der Waals surface area (Å²) in [6, 6.07) is 4.01. The molecular weight excluding hydrogens is 365 g/mol. The predicted octanol–water partition coefficient (Wildman–Crippen LogP) is 4.62. The zero-order chi connectivity index (χ0) is 19.9. The van der Waals surface area contributed by atoms with Crippen molar-refractivity contribution in [2.45, 2.75) is 13.8 Å². The molecular formula is C20H20FN3O2S. The standard InChI is InChI=1S/C20H20FN3O2S/c1-5-15-17(13-7-6-12(25)8-14(13)21)18(16-10(2)9-27-11(16)3)19(24(15)4)20(22)23-26/h5-9,25-26H,1H2,2-4H3,(H2,22,23). The van der Waals surface area contributed by atoms with Gasteiger partial charge in [0.1, 0.15) is 11.6 Å². The first kappa shape index (κ1) is 18.7. The monoisotopic (exact) mass is 385 g/mol. The Morgan fingerprint density at radius 2 is 2.00 bits per heavy atom.